The van der Waals surface area contributed by atoms with E-state index in [1.165, 1.54) is 17.4 Å². The molecule has 0 saturated carbocycles. The molecule has 5 nitrogen and oxygen atoms in total. The van der Waals surface area contributed by atoms with Crippen molar-refractivity contribution in [2.45, 2.75) is 6.42 Å². The van der Waals surface area contributed by atoms with Crippen molar-refractivity contribution in [1.82, 2.24) is 9.80 Å². The first-order valence-electron chi connectivity index (χ1n) is 6.30. The summed E-state index contributed by atoms with van der Waals surface area (Å²) >= 11 is 1.36. The summed E-state index contributed by atoms with van der Waals surface area (Å²) in [6.45, 7) is 1.64. The summed E-state index contributed by atoms with van der Waals surface area (Å²) in [6.07, 6.45) is 3.49. The molecule has 0 fully saturated rings. The fourth-order valence-electron chi connectivity index (χ4n) is 1.65. The highest BCUT2D eigenvalue weighted by Crippen LogP contribution is 2.17. The average Bonchev–Trinajstić information content (AvgIpc) is 2.83. The number of rotatable bonds is 7. The van der Waals surface area contributed by atoms with Gasteiger partial charge in [-0.05, 0) is 39.2 Å². The first-order valence-corrected chi connectivity index (χ1v) is 7.18. The number of hydrogen-bond donors (Lipinski definition) is 1. The second-order valence-corrected chi connectivity index (χ2v) is 5.74. The molecule has 1 N–H and O–H groups in total. The van der Waals surface area contributed by atoms with Gasteiger partial charge >= 0.3 is 5.97 Å². The summed E-state index contributed by atoms with van der Waals surface area (Å²) in [7, 11) is 5.78. The quantitative estimate of drug-likeness (QED) is 0.780. The Kier molecular flexibility index (Phi) is 6.41. The highest BCUT2D eigenvalue weighted by atomic mass is 32.1. The second-order valence-electron chi connectivity index (χ2n) is 4.79. The Morgan fingerprint density at radius 3 is 2.60 bits per heavy atom. The summed E-state index contributed by atoms with van der Waals surface area (Å²) in [4.78, 5) is 27.1. The van der Waals surface area contributed by atoms with E-state index in [0.717, 1.165) is 23.9 Å². The van der Waals surface area contributed by atoms with Crippen molar-refractivity contribution in [2.24, 2.45) is 0 Å². The van der Waals surface area contributed by atoms with Gasteiger partial charge in [0.25, 0.3) is 5.91 Å². The lowest BCUT2D eigenvalue weighted by Gasteiger charge is -2.17. The molecule has 0 saturated heterocycles. The van der Waals surface area contributed by atoms with Crippen LogP contribution in [0.15, 0.2) is 17.5 Å². The SMILES string of the molecule is CN(C)CCCN(C)C(=O)c1csc(C=CC(=O)O)c1. The number of hydrogen-bond acceptors (Lipinski definition) is 4. The molecule has 0 aliphatic carbocycles. The second kappa shape index (κ2) is 7.81. The minimum atomic E-state index is -0.993. The number of carboxylic acids is 1. The molecule has 0 unspecified atom stereocenters. The van der Waals surface area contributed by atoms with Gasteiger partial charge in [0.05, 0.1) is 5.56 Å². The van der Waals surface area contributed by atoms with Crippen LogP contribution in [0.25, 0.3) is 6.08 Å². The van der Waals surface area contributed by atoms with Crippen molar-refractivity contribution in [3.63, 3.8) is 0 Å². The molecule has 0 atom stereocenters. The summed E-state index contributed by atoms with van der Waals surface area (Å²) in [5, 5.41) is 10.3. The Morgan fingerprint density at radius 2 is 2.00 bits per heavy atom. The number of nitrogens with zero attached hydrogens (tertiary/aromatic N) is 2. The molecule has 1 amide bonds. The predicted molar refractivity (Wildman–Crippen MR) is 81.1 cm³/mol. The maximum absolute atomic E-state index is 12.2. The molecule has 0 radical (unpaired) electrons. The predicted octanol–water partition coefficient (Wildman–Crippen LogP) is 1.87. The molecule has 6 heteroatoms. The molecule has 1 heterocycles. The third-order valence-corrected chi connectivity index (χ3v) is 3.60. The summed E-state index contributed by atoms with van der Waals surface area (Å²) in [5.74, 6) is -1.03. The number of aliphatic carboxylic acids is 1. The van der Waals surface area contributed by atoms with Crippen LogP contribution in [0.3, 0.4) is 0 Å². The van der Waals surface area contributed by atoms with Gasteiger partial charge in [-0.25, -0.2) is 4.79 Å². The molecular weight excluding hydrogens is 276 g/mol. The summed E-state index contributed by atoms with van der Waals surface area (Å²) in [6, 6.07) is 1.72. The molecule has 0 spiro atoms. The minimum Gasteiger partial charge on any atom is -0.478 e. The highest BCUT2D eigenvalue weighted by molar-refractivity contribution is 7.11. The zero-order valence-electron chi connectivity index (χ0n) is 12.0. The smallest absolute Gasteiger partial charge is 0.328 e. The summed E-state index contributed by atoms with van der Waals surface area (Å²) < 4.78 is 0. The van der Waals surface area contributed by atoms with Crippen molar-refractivity contribution in [3.8, 4) is 0 Å². The van der Waals surface area contributed by atoms with Crippen LogP contribution in [0.1, 0.15) is 21.7 Å². The maximum atomic E-state index is 12.2. The van der Waals surface area contributed by atoms with Gasteiger partial charge in [-0.3, -0.25) is 4.79 Å². The van der Waals surface area contributed by atoms with Crippen LogP contribution in [-0.4, -0.2) is 61.0 Å². The number of amides is 1. The molecule has 1 rings (SSSR count). The Morgan fingerprint density at radius 1 is 1.30 bits per heavy atom. The van der Waals surface area contributed by atoms with Gasteiger partial charge in [-0.15, -0.1) is 11.3 Å². The molecule has 0 aliphatic rings. The Labute approximate surface area is 123 Å². The van der Waals surface area contributed by atoms with E-state index in [0.29, 0.717) is 12.1 Å². The largest absolute Gasteiger partial charge is 0.478 e. The Bertz CT molecular complexity index is 494. The van der Waals surface area contributed by atoms with E-state index < -0.39 is 5.97 Å². The van der Waals surface area contributed by atoms with Crippen LogP contribution >= 0.6 is 11.3 Å². The molecule has 0 aromatic carbocycles. The maximum Gasteiger partial charge on any atom is 0.328 e. The van der Waals surface area contributed by atoms with Crippen LogP contribution in [0.5, 0.6) is 0 Å². The van der Waals surface area contributed by atoms with Crippen LogP contribution in [-0.2, 0) is 4.79 Å². The van der Waals surface area contributed by atoms with Crippen LogP contribution in [0.4, 0.5) is 0 Å². The van der Waals surface area contributed by atoms with E-state index >= 15 is 0 Å². The first kappa shape index (κ1) is 16.4. The van der Waals surface area contributed by atoms with Crippen molar-refractivity contribution in [2.75, 3.05) is 34.2 Å². The van der Waals surface area contributed by atoms with Crippen LogP contribution < -0.4 is 0 Å². The van der Waals surface area contributed by atoms with E-state index in [1.807, 2.05) is 14.1 Å². The lowest BCUT2D eigenvalue weighted by atomic mass is 10.2. The van der Waals surface area contributed by atoms with Crippen molar-refractivity contribution in [1.29, 1.82) is 0 Å². The zero-order valence-corrected chi connectivity index (χ0v) is 12.8. The third kappa shape index (κ3) is 5.54. The lowest BCUT2D eigenvalue weighted by molar-refractivity contribution is -0.131. The van der Waals surface area contributed by atoms with Gasteiger partial charge in [0.15, 0.2) is 0 Å². The fraction of sp³-hybridized carbons (Fsp3) is 0.429. The van der Waals surface area contributed by atoms with Gasteiger partial charge in [-0.1, -0.05) is 0 Å². The number of carbonyl (C=O) groups excluding carboxylic acids is 1. The third-order valence-electron chi connectivity index (χ3n) is 2.70. The van der Waals surface area contributed by atoms with Gasteiger partial charge < -0.3 is 14.9 Å². The van der Waals surface area contributed by atoms with E-state index in [2.05, 4.69) is 4.90 Å². The summed E-state index contributed by atoms with van der Waals surface area (Å²) in [5.41, 5.74) is 0.604. The lowest BCUT2D eigenvalue weighted by Crippen LogP contribution is -2.29. The average molecular weight is 296 g/mol. The van der Waals surface area contributed by atoms with E-state index in [1.54, 1.807) is 23.4 Å². The standard InChI is InChI=1S/C14H20N2O3S/c1-15(2)7-4-8-16(3)14(19)11-9-12(20-10-11)5-6-13(17)18/h5-6,9-10H,4,7-8H2,1-3H3,(H,17,18). The van der Waals surface area contributed by atoms with Gasteiger partial charge in [0, 0.05) is 29.9 Å². The van der Waals surface area contributed by atoms with E-state index in [4.69, 9.17) is 5.11 Å². The van der Waals surface area contributed by atoms with Gasteiger partial charge in [0.1, 0.15) is 0 Å². The van der Waals surface area contributed by atoms with Crippen LogP contribution in [0, 0.1) is 0 Å². The highest BCUT2D eigenvalue weighted by Gasteiger charge is 2.12. The van der Waals surface area contributed by atoms with Crippen molar-refractivity contribution >= 4 is 29.3 Å². The molecular formula is C14H20N2O3S. The first-order chi connectivity index (χ1) is 9.40. The van der Waals surface area contributed by atoms with Crippen LogP contribution in [0.2, 0.25) is 0 Å². The van der Waals surface area contributed by atoms with Gasteiger partial charge in [-0.2, -0.15) is 0 Å². The number of thiophene rings is 1. The zero-order chi connectivity index (χ0) is 15.1. The van der Waals surface area contributed by atoms with Gasteiger partial charge in [0.2, 0.25) is 0 Å². The molecule has 110 valence electrons. The monoisotopic (exact) mass is 296 g/mol. The Balaban J connectivity index is 2.56. The molecule has 0 aliphatic heterocycles. The van der Waals surface area contributed by atoms with E-state index in [-0.39, 0.29) is 5.91 Å². The normalized spacial score (nSPS) is 11.2. The fourth-order valence-corrected chi connectivity index (χ4v) is 2.43. The molecule has 20 heavy (non-hydrogen) atoms. The topological polar surface area (TPSA) is 60.9 Å². The van der Waals surface area contributed by atoms with E-state index in [9.17, 15) is 9.59 Å². The molecule has 0 bridgehead atoms. The molecule has 1 aromatic rings. The Hall–Kier alpha value is -1.66. The molecule has 1 aromatic heterocycles. The van der Waals surface area contributed by atoms with Crippen molar-refractivity contribution in [3.05, 3.63) is 28.0 Å². The minimum absolute atomic E-state index is 0.0324. The number of carbonyl (C=O) groups is 2. The number of carboxylic acid groups (broad SMARTS) is 1. The van der Waals surface area contributed by atoms with Crippen molar-refractivity contribution < 1.29 is 14.7 Å².